The van der Waals surface area contributed by atoms with Gasteiger partial charge in [0, 0.05) is 26.3 Å². The van der Waals surface area contributed by atoms with E-state index in [1.54, 1.807) is 36.4 Å². The van der Waals surface area contributed by atoms with Crippen LogP contribution in [-0.4, -0.2) is 22.4 Å². The third-order valence-corrected chi connectivity index (χ3v) is 6.22. The van der Waals surface area contributed by atoms with Gasteiger partial charge in [-0.25, -0.2) is 4.68 Å². The lowest BCUT2D eigenvalue weighted by Crippen LogP contribution is -2.36. The fourth-order valence-corrected chi connectivity index (χ4v) is 4.29. The zero-order valence-electron chi connectivity index (χ0n) is 19.2. The van der Waals surface area contributed by atoms with E-state index in [1.807, 2.05) is 45.0 Å². The lowest BCUT2D eigenvalue weighted by atomic mass is 10.1. The second kappa shape index (κ2) is 9.93. The van der Waals surface area contributed by atoms with Crippen LogP contribution in [0.15, 0.2) is 65.1 Å². The Hall–Kier alpha value is -3.62. The van der Waals surface area contributed by atoms with Crippen LogP contribution in [0, 0.1) is 20.8 Å². The molecule has 1 heterocycles. The second-order valence-corrected chi connectivity index (χ2v) is 9.55. The first-order valence-corrected chi connectivity index (χ1v) is 11.9. The number of hydrogen-bond acceptors (Lipinski definition) is 3. The van der Waals surface area contributed by atoms with Crippen molar-refractivity contribution in [1.29, 1.82) is 0 Å². The zero-order valence-corrected chi connectivity index (χ0v) is 21.5. The molecule has 0 unspecified atom stereocenters. The summed E-state index contributed by atoms with van der Waals surface area (Å²) in [5.41, 5.74) is 6.98. The maximum absolute atomic E-state index is 13.2. The normalized spacial score (nSPS) is 10.8. The smallest absolute Gasteiger partial charge is 0.320 e. The number of halogens is 2. The molecule has 3 N–H and O–H groups in total. The number of amides is 3. The average molecular weight is 554 g/mol. The summed E-state index contributed by atoms with van der Waals surface area (Å²) in [6.45, 7) is 5.60. The molecule has 3 aromatic carbocycles. The highest BCUT2D eigenvalue weighted by Gasteiger charge is 2.22. The zero-order chi connectivity index (χ0) is 25.3. The molecule has 0 aliphatic heterocycles. The maximum atomic E-state index is 13.2. The number of aromatic nitrogens is 1. The Kier molecular flexibility index (Phi) is 6.95. The quantitative estimate of drug-likeness (QED) is 0.273. The average Bonchev–Trinajstić information content (AvgIpc) is 3.15. The molecule has 0 atom stereocenters. The molecule has 0 saturated carbocycles. The van der Waals surface area contributed by atoms with Crippen molar-refractivity contribution in [2.75, 3.05) is 16.1 Å². The highest BCUT2D eigenvalue weighted by Crippen LogP contribution is 2.25. The number of carbonyl (C=O) groups is 3. The van der Waals surface area contributed by atoms with Crippen LogP contribution in [0.2, 0.25) is 5.02 Å². The molecule has 4 aromatic rings. The van der Waals surface area contributed by atoms with Gasteiger partial charge < -0.3 is 10.6 Å². The van der Waals surface area contributed by atoms with E-state index in [4.69, 9.17) is 11.6 Å². The van der Waals surface area contributed by atoms with E-state index in [-0.39, 0.29) is 5.69 Å². The molecule has 0 aliphatic carbocycles. The Labute approximate surface area is 215 Å². The van der Waals surface area contributed by atoms with Gasteiger partial charge in [0.25, 0.3) is 5.91 Å². The molecule has 0 fully saturated rings. The minimum atomic E-state index is -0.924. The number of carbonyl (C=O) groups excluding carboxylic acids is 3. The first-order chi connectivity index (χ1) is 16.6. The summed E-state index contributed by atoms with van der Waals surface area (Å²) in [7, 11) is 0. The molecule has 0 aliphatic rings. The van der Waals surface area contributed by atoms with Crippen LogP contribution in [0.25, 0.3) is 10.9 Å². The monoisotopic (exact) mass is 552 g/mol. The van der Waals surface area contributed by atoms with Crippen molar-refractivity contribution in [3.8, 4) is 0 Å². The van der Waals surface area contributed by atoms with Crippen molar-refractivity contribution < 1.29 is 14.4 Å². The lowest BCUT2D eigenvalue weighted by Gasteiger charge is -2.14. The van der Waals surface area contributed by atoms with Gasteiger partial charge in [-0.15, -0.1) is 0 Å². The van der Waals surface area contributed by atoms with Gasteiger partial charge in [-0.2, -0.15) is 0 Å². The molecule has 0 spiro atoms. The van der Waals surface area contributed by atoms with E-state index in [2.05, 4.69) is 32.0 Å². The predicted octanol–water partition coefficient (Wildman–Crippen LogP) is 5.94. The van der Waals surface area contributed by atoms with Crippen molar-refractivity contribution >= 4 is 67.5 Å². The number of nitrogens with one attached hydrogen (secondary N) is 3. The SMILES string of the molecule is Cc1ccc(C)c(NC(=O)C(=O)Nn2c(C(=O)Nc3ccc(Br)cc3C)cc3cc(Cl)ccc32)c1. The fourth-order valence-electron chi connectivity index (χ4n) is 3.63. The van der Waals surface area contributed by atoms with Crippen LogP contribution in [0.5, 0.6) is 0 Å². The number of benzene rings is 3. The summed E-state index contributed by atoms with van der Waals surface area (Å²) >= 11 is 9.54. The van der Waals surface area contributed by atoms with Gasteiger partial charge in [-0.05, 0) is 86.0 Å². The molecule has 35 heavy (non-hydrogen) atoms. The second-order valence-electron chi connectivity index (χ2n) is 8.19. The van der Waals surface area contributed by atoms with Crippen molar-refractivity contribution in [3.05, 3.63) is 92.5 Å². The largest absolute Gasteiger partial charge is 0.328 e. The molecule has 3 amide bonds. The lowest BCUT2D eigenvalue weighted by molar-refractivity contribution is -0.133. The van der Waals surface area contributed by atoms with Gasteiger partial charge in [-0.3, -0.25) is 19.8 Å². The summed E-state index contributed by atoms with van der Waals surface area (Å²) < 4.78 is 2.18. The topological polar surface area (TPSA) is 92.2 Å². The Morgan fingerprint density at radius 2 is 1.57 bits per heavy atom. The fraction of sp³-hybridized carbons (Fsp3) is 0.115. The van der Waals surface area contributed by atoms with Gasteiger partial charge in [0.05, 0.1) is 5.52 Å². The molecule has 4 rings (SSSR count). The van der Waals surface area contributed by atoms with Gasteiger partial charge in [0.15, 0.2) is 0 Å². The number of fused-ring (bicyclic) bond motifs is 1. The van der Waals surface area contributed by atoms with E-state index in [1.165, 1.54) is 4.68 Å². The van der Waals surface area contributed by atoms with Crippen LogP contribution in [0.3, 0.4) is 0 Å². The molecule has 0 bridgehead atoms. The van der Waals surface area contributed by atoms with Gasteiger partial charge in [-0.1, -0.05) is 39.7 Å². The van der Waals surface area contributed by atoms with Crippen LogP contribution in [0.1, 0.15) is 27.2 Å². The molecule has 1 aromatic heterocycles. The Bertz CT molecular complexity index is 1500. The number of anilines is 2. The van der Waals surface area contributed by atoms with Crippen molar-refractivity contribution in [1.82, 2.24) is 4.68 Å². The Morgan fingerprint density at radius 3 is 2.31 bits per heavy atom. The summed E-state index contributed by atoms with van der Waals surface area (Å²) in [5.74, 6) is -2.24. The Morgan fingerprint density at radius 1 is 0.800 bits per heavy atom. The molecule has 178 valence electrons. The highest BCUT2D eigenvalue weighted by atomic mass is 79.9. The van der Waals surface area contributed by atoms with Gasteiger partial charge in [0.1, 0.15) is 5.69 Å². The molecular weight excluding hydrogens is 532 g/mol. The number of hydrogen-bond donors (Lipinski definition) is 3. The number of rotatable bonds is 4. The predicted molar refractivity (Wildman–Crippen MR) is 143 cm³/mol. The highest BCUT2D eigenvalue weighted by molar-refractivity contribution is 9.10. The van der Waals surface area contributed by atoms with Crippen LogP contribution >= 0.6 is 27.5 Å². The molecule has 0 radical (unpaired) electrons. The third-order valence-electron chi connectivity index (χ3n) is 5.49. The Balaban J connectivity index is 1.65. The summed E-state index contributed by atoms with van der Waals surface area (Å²) in [6.07, 6.45) is 0. The number of aryl methyl sites for hydroxylation is 3. The first-order valence-electron chi connectivity index (χ1n) is 10.7. The van der Waals surface area contributed by atoms with Gasteiger partial charge in [0.2, 0.25) is 0 Å². The molecular formula is C26H22BrClN4O3. The standard InChI is InChI=1S/C26H22BrClN4O3/c1-14-4-5-15(2)21(10-14)30-25(34)26(35)31-32-22-9-7-19(28)12-17(22)13-23(32)24(33)29-20-8-6-18(27)11-16(20)3/h4-13H,1-3H3,(H,29,33)(H,30,34)(H,31,35). The van der Waals surface area contributed by atoms with E-state index >= 15 is 0 Å². The minimum Gasteiger partial charge on any atom is -0.320 e. The van der Waals surface area contributed by atoms with Crippen LogP contribution < -0.4 is 16.1 Å². The van der Waals surface area contributed by atoms with Crippen LogP contribution in [-0.2, 0) is 9.59 Å². The number of nitrogens with zero attached hydrogens (tertiary/aromatic N) is 1. The third kappa shape index (κ3) is 5.39. The first kappa shape index (κ1) is 24.5. The van der Waals surface area contributed by atoms with Gasteiger partial charge >= 0.3 is 11.8 Å². The summed E-state index contributed by atoms with van der Waals surface area (Å²) in [6, 6.07) is 17.6. The minimum absolute atomic E-state index is 0.137. The van der Waals surface area contributed by atoms with Crippen molar-refractivity contribution in [3.63, 3.8) is 0 Å². The van der Waals surface area contributed by atoms with E-state index < -0.39 is 17.7 Å². The summed E-state index contributed by atoms with van der Waals surface area (Å²) in [4.78, 5) is 38.7. The van der Waals surface area contributed by atoms with Crippen molar-refractivity contribution in [2.45, 2.75) is 20.8 Å². The van der Waals surface area contributed by atoms with E-state index in [0.29, 0.717) is 27.3 Å². The van der Waals surface area contributed by atoms with E-state index in [0.717, 1.165) is 21.2 Å². The molecule has 0 saturated heterocycles. The van der Waals surface area contributed by atoms with Crippen LogP contribution in [0.4, 0.5) is 11.4 Å². The van der Waals surface area contributed by atoms with E-state index in [9.17, 15) is 14.4 Å². The molecule has 7 nitrogen and oxygen atoms in total. The van der Waals surface area contributed by atoms with Crippen molar-refractivity contribution in [2.24, 2.45) is 0 Å². The maximum Gasteiger partial charge on any atom is 0.328 e. The summed E-state index contributed by atoms with van der Waals surface area (Å²) in [5, 5.41) is 6.60. The molecule has 9 heteroatoms.